The minimum absolute atomic E-state index is 0.0524. The zero-order chi connectivity index (χ0) is 13.1. The average molecular weight is 272 g/mol. The molecule has 2 heterocycles. The molecule has 0 aromatic carbocycles. The molecule has 102 valence electrons. The Bertz CT molecular complexity index is 482. The number of hydrogen-bond acceptors (Lipinski definition) is 3. The lowest BCUT2D eigenvalue weighted by Gasteiger charge is -2.48. The SMILES string of the molecule is CC1CC1C(=O)N1CC2(CCN(S(C)(=O)=O)C2)C1. The second-order valence-electron chi connectivity index (χ2n) is 6.36. The standard InChI is InChI=1S/C12H20N2O3S/c1-9-5-10(9)11(15)13-6-12(7-13)3-4-14(8-12)18(2,16)17/h9-10H,3-8H2,1-2H3. The van der Waals surface area contributed by atoms with E-state index in [9.17, 15) is 13.2 Å². The van der Waals surface area contributed by atoms with E-state index in [0.717, 1.165) is 25.9 Å². The summed E-state index contributed by atoms with van der Waals surface area (Å²) >= 11 is 0. The zero-order valence-electron chi connectivity index (χ0n) is 10.9. The Balaban J connectivity index is 1.57. The van der Waals surface area contributed by atoms with E-state index < -0.39 is 10.0 Å². The maximum atomic E-state index is 12.0. The number of carbonyl (C=O) groups excluding carboxylic acids is 1. The molecule has 3 aliphatic rings. The Labute approximate surface area is 108 Å². The number of likely N-dealkylation sites (tertiary alicyclic amines) is 1. The third-order valence-electron chi connectivity index (χ3n) is 4.66. The fourth-order valence-corrected chi connectivity index (χ4v) is 4.19. The molecule has 1 spiro atoms. The molecule has 6 heteroatoms. The molecule has 3 fully saturated rings. The smallest absolute Gasteiger partial charge is 0.226 e. The molecule has 2 saturated heterocycles. The fraction of sp³-hybridized carbons (Fsp3) is 0.917. The molecule has 0 radical (unpaired) electrons. The summed E-state index contributed by atoms with van der Waals surface area (Å²) in [6.07, 6.45) is 3.18. The van der Waals surface area contributed by atoms with Crippen molar-refractivity contribution in [2.75, 3.05) is 32.4 Å². The van der Waals surface area contributed by atoms with Gasteiger partial charge in [-0.15, -0.1) is 0 Å². The highest BCUT2D eigenvalue weighted by Gasteiger charge is 2.53. The lowest BCUT2D eigenvalue weighted by Crippen LogP contribution is -2.60. The van der Waals surface area contributed by atoms with Crippen molar-refractivity contribution in [1.29, 1.82) is 0 Å². The first-order valence-corrected chi connectivity index (χ1v) is 8.40. The maximum absolute atomic E-state index is 12.0. The van der Waals surface area contributed by atoms with E-state index in [0.29, 0.717) is 19.0 Å². The third kappa shape index (κ3) is 1.95. The van der Waals surface area contributed by atoms with Crippen molar-refractivity contribution in [2.45, 2.75) is 19.8 Å². The minimum Gasteiger partial charge on any atom is -0.341 e. The van der Waals surface area contributed by atoms with Gasteiger partial charge in [-0.3, -0.25) is 4.79 Å². The van der Waals surface area contributed by atoms with Crippen LogP contribution in [0.2, 0.25) is 0 Å². The van der Waals surface area contributed by atoms with E-state index in [-0.39, 0.29) is 17.2 Å². The van der Waals surface area contributed by atoms with Gasteiger partial charge in [0.15, 0.2) is 0 Å². The van der Waals surface area contributed by atoms with E-state index in [4.69, 9.17) is 0 Å². The molecule has 5 nitrogen and oxygen atoms in total. The van der Waals surface area contributed by atoms with Gasteiger partial charge in [0.1, 0.15) is 0 Å². The Hall–Kier alpha value is -0.620. The molecule has 2 aliphatic heterocycles. The molecule has 0 N–H and O–H groups in total. The summed E-state index contributed by atoms with van der Waals surface area (Å²) in [6.45, 7) is 4.82. The largest absolute Gasteiger partial charge is 0.341 e. The molecular formula is C12H20N2O3S. The van der Waals surface area contributed by atoms with E-state index in [2.05, 4.69) is 6.92 Å². The summed E-state index contributed by atoms with van der Waals surface area (Å²) in [7, 11) is -3.07. The number of nitrogens with zero attached hydrogens (tertiary/aromatic N) is 2. The zero-order valence-corrected chi connectivity index (χ0v) is 11.7. The van der Waals surface area contributed by atoms with Crippen LogP contribution in [0.5, 0.6) is 0 Å². The van der Waals surface area contributed by atoms with Crippen LogP contribution in [-0.4, -0.2) is 56.0 Å². The molecule has 2 unspecified atom stereocenters. The Kier molecular flexibility index (Phi) is 2.55. The highest BCUT2D eigenvalue weighted by Crippen LogP contribution is 2.45. The van der Waals surface area contributed by atoms with Gasteiger partial charge < -0.3 is 4.90 Å². The van der Waals surface area contributed by atoms with Crippen molar-refractivity contribution in [1.82, 2.24) is 9.21 Å². The molecular weight excluding hydrogens is 252 g/mol. The molecule has 1 amide bonds. The molecule has 0 aromatic rings. The first-order valence-electron chi connectivity index (χ1n) is 6.55. The topological polar surface area (TPSA) is 57.7 Å². The van der Waals surface area contributed by atoms with Crippen LogP contribution in [0, 0.1) is 17.3 Å². The summed E-state index contributed by atoms with van der Waals surface area (Å²) in [6, 6.07) is 0. The van der Waals surface area contributed by atoms with Gasteiger partial charge in [0.2, 0.25) is 15.9 Å². The monoisotopic (exact) mass is 272 g/mol. The molecule has 0 bridgehead atoms. The van der Waals surface area contributed by atoms with Crippen molar-refractivity contribution in [3.05, 3.63) is 0 Å². The highest BCUT2D eigenvalue weighted by atomic mass is 32.2. The van der Waals surface area contributed by atoms with Gasteiger partial charge in [-0.05, 0) is 18.8 Å². The summed E-state index contributed by atoms with van der Waals surface area (Å²) in [4.78, 5) is 13.9. The minimum atomic E-state index is -3.07. The van der Waals surface area contributed by atoms with Crippen LogP contribution in [-0.2, 0) is 14.8 Å². The first-order chi connectivity index (χ1) is 8.31. The van der Waals surface area contributed by atoms with Crippen molar-refractivity contribution >= 4 is 15.9 Å². The molecule has 2 atom stereocenters. The Morgan fingerprint density at radius 3 is 2.33 bits per heavy atom. The van der Waals surface area contributed by atoms with E-state index >= 15 is 0 Å². The van der Waals surface area contributed by atoms with Crippen molar-refractivity contribution in [3.63, 3.8) is 0 Å². The molecule has 3 rings (SSSR count). The van der Waals surface area contributed by atoms with Gasteiger partial charge in [-0.25, -0.2) is 12.7 Å². The summed E-state index contributed by atoms with van der Waals surface area (Å²) < 4.78 is 24.5. The van der Waals surface area contributed by atoms with Crippen molar-refractivity contribution in [2.24, 2.45) is 17.3 Å². The van der Waals surface area contributed by atoms with Crippen LogP contribution in [0.4, 0.5) is 0 Å². The second kappa shape index (κ2) is 3.70. The summed E-state index contributed by atoms with van der Waals surface area (Å²) in [5.41, 5.74) is 0.0524. The van der Waals surface area contributed by atoms with Crippen molar-refractivity contribution < 1.29 is 13.2 Å². The Morgan fingerprint density at radius 2 is 1.89 bits per heavy atom. The van der Waals surface area contributed by atoms with Crippen LogP contribution in [0.1, 0.15) is 19.8 Å². The van der Waals surface area contributed by atoms with Gasteiger partial charge >= 0.3 is 0 Å². The molecule has 1 saturated carbocycles. The highest BCUT2D eigenvalue weighted by molar-refractivity contribution is 7.88. The number of hydrogen-bond donors (Lipinski definition) is 0. The maximum Gasteiger partial charge on any atom is 0.226 e. The quantitative estimate of drug-likeness (QED) is 0.718. The number of carbonyl (C=O) groups is 1. The summed E-state index contributed by atoms with van der Waals surface area (Å²) in [5.74, 6) is 1.07. The predicted octanol–water partition coefficient (Wildman–Crippen LogP) is 0.136. The van der Waals surface area contributed by atoms with Crippen LogP contribution in [0.15, 0.2) is 0 Å². The molecule has 18 heavy (non-hydrogen) atoms. The number of rotatable bonds is 2. The van der Waals surface area contributed by atoms with Crippen LogP contribution >= 0.6 is 0 Å². The fourth-order valence-electron chi connectivity index (χ4n) is 3.26. The Morgan fingerprint density at radius 1 is 1.28 bits per heavy atom. The second-order valence-corrected chi connectivity index (χ2v) is 8.34. The van der Waals surface area contributed by atoms with Gasteiger partial charge in [0.05, 0.1) is 6.26 Å². The third-order valence-corrected chi connectivity index (χ3v) is 5.91. The van der Waals surface area contributed by atoms with Crippen LogP contribution in [0.25, 0.3) is 0 Å². The van der Waals surface area contributed by atoms with E-state index in [1.807, 2.05) is 4.90 Å². The lowest BCUT2D eigenvalue weighted by atomic mass is 9.79. The normalized spacial score (nSPS) is 34.7. The average Bonchev–Trinajstić information content (AvgIpc) is 2.78. The van der Waals surface area contributed by atoms with Gasteiger partial charge in [-0.1, -0.05) is 6.92 Å². The molecule has 0 aromatic heterocycles. The van der Waals surface area contributed by atoms with Gasteiger partial charge in [0, 0.05) is 37.5 Å². The van der Waals surface area contributed by atoms with Gasteiger partial charge in [-0.2, -0.15) is 0 Å². The van der Waals surface area contributed by atoms with E-state index in [1.165, 1.54) is 6.26 Å². The van der Waals surface area contributed by atoms with Crippen molar-refractivity contribution in [3.8, 4) is 0 Å². The summed E-state index contributed by atoms with van der Waals surface area (Å²) in [5, 5.41) is 0. The molecule has 1 aliphatic carbocycles. The van der Waals surface area contributed by atoms with Gasteiger partial charge in [0.25, 0.3) is 0 Å². The predicted molar refractivity (Wildman–Crippen MR) is 67.3 cm³/mol. The number of sulfonamides is 1. The first kappa shape index (κ1) is 12.4. The van der Waals surface area contributed by atoms with Crippen LogP contribution < -0.4 is 0 Å². The lowest BCUT2D eigenvalue weighted by molar-refractivity contribution is -0.144. The number of amides is 1. The van der Waals surface area contributed by atoms with Crippen LogP contribution in [0.3, 0.4) is 0 Å². The van der Waals surface area contributed by atoms with E-state index in [1.54, 1.807) is 4.31 Å².